The number of hydrogen-bond donors (Lipinski definition) is 1. The van der Waals surface area contributed by atoms with E-state index in [2.05, 4.69) is 45.1 Å². The zero-order chi connectivity index (χ0) is 11.4. The van der Waals surface area contributed by atoms with Gasteiger partial charge in [-0.05, 0) is 31.0 Å². The van der Waals surface area contributed by atoms with Gasteiger partial charge < -0.3 is 10.1 Å². The van der Waals surface area contributed by atoms with E-state index in [0.29, 0.717) is 6.04 Å². The molecule has 0 unspecified atom stereocenters. The highest BCUT2D eigenvalue weighted by molar-refractivity contribution is 5.41. The second-order valence-corrected chi connectivity index (χ2v) is 4.28. The third-order valence-electron chi connectivity index (χ3n) is 2.60. The number of benzene rings is 1. The topological polar surface area (TPSA) is 21.3 Å². The monoisotopic (exact) mass is 207 g/mol. The molecule has 2 heteroatoms. The van der Waals surface area contributed by atoms with Crippen LogP contribution in [0.25, 0.3) is 0 Å². The molecule has 0 saturated carbocycles. The van der Waals surface area contributed by atoms with Gasteiger partial charge in [-0.25, -0.2) is 0 Å². The lowest BCUT2D eigenvalue weighted by molar-refractivity contribution is 0.406. The Kier molecular flexibility index (Phi) is 4.15. The molecule has 1 N–H and O–H groups in total. The van der Waals surface area contributed by atoms with Crippen LogP contribution in [0.3, 0.4) is 0 Å². The number of methoxy groups -OCH3 is 1. The van der Waals surface area contributed by atoms with Crippen molar-refractivity contribution in [1.82, 2.24) is 5.32 Å². The van der Waals surface area contributed by atoms with E-state index in [9.17, 15) is 0 Å². The van der Waals surface area contributed by atoms with Crippen molar-refractivity contribution < 1.29 is 4.74 Å². The van der Waals surface area contributed by atoms with Gasteiger partial charge in [0.25, 0.3) is 0 Å². The standard InChI is InChI=1S/C13H21NO/c1-9(2)14-8-12-6-10(3)11(4)7-13(12)15-5/h6-7,9,14H,8H2,1-5H3. The van der Waals surface area contributed by atoms with E-state index in [1.807, 2.05) is 0 Å². The van der Waals surface area contributed by atoms with Gasteiger partial charge in [0, 0.05) is 18.2 Å². The summed E-state index contributed by atoms with van der Waals surface area (Å²) in [7, 11) is 1.73. The quantitative estimate of drug-likeness (QED) is 0.819. The maximum absolute atomic E-state index is 5.37. The second kappa shape index (κ2) is 5.17. The molecule has 0 atom stereocenters. The lowest BCUT2D eigenvalue weighted by atomic mass is 10.0. The molecule has 0 fully saturated rings. The third-order valence-corrected chi connectivity index (χ3v) is 2.60. The van der Waals surface area contributed by atoms with Gasteiger partial charge in [-0.15, -0.1) is 0 Å². The molecule has 0 aliphatic carbocycles. The Bertz CT molecular complexity index is 332. The van der Waals surface area contributed by atoms with Crippen molar-refractivity contribution in [2.75, 3.05) is 7.11 Å². The van der Waals surface area contributed by atoms with Gasteiger partial charge >= 0.3 is 0 Å². The predicted molar refractivity (Wildman–Crippen MR) is 64.4 cm³/mol. The lowest BCUT2D eigenvalue weighted by Gasteiger charge is -2.14. The summed E-state index contributed by atoms with van der Waals surface area (Å²) in [4.78, 5) is 0. The van der Waals surface area contributed by atoms with Gasteiger partial charge in [-0.3, -0.25) is 0 Å². The maximum atomic E-state index is 5.37. The van der Waals surface area contributed by atoms with Gasteiger partial charge in [0.1, 0.15) is 5.75 Å². The van der Waals surface area contributed by atoms with Crippen molar-refractivity contribution in [2.24, 2.45) is 0 Å². The molecule has 1 aromatic rings. The van der Waals surface area contributed by atoms with Crippen molar-refractivity contribution >= 4 is 0 Å². The Morgan fingerprint density at radius 2 is 1.80 bits per heavy atom. The average molecular weight is 207 g/mol. The molecule has 0 heterocycles. The van der Waals surface area contributed by atoms with Gasteiger partial charge in [0.15, 0.2) is 0 Å². The first kappa shape index (κ1) is 12.1. The first-order valence-corrected chi connectivity index (χ1v) is 5.42. The fourth-order valence-electron chi connectivity index (χ4n) is 1.49. The zero-order valence-electron chi connectivity index (χ0n) is 10.3. The molecule has 0 saturated heterocycles. The summed E-state index contributed by atoms with van der Waals surface area (Å²) in [6.07, 6.45) is 0. The smallest absolute Gasteiger partial charge is 0.123 e. The highest BCUT2D eigenvalue weighted by Crippen LogP contribution is 2.22. The SMILES string of the molecule is COc1cc(C)c(C)cc1CNC(C)C. The molecule has 0 radical (unpaired) electrons. The summed E-state index contributed by atoms with van der Waals surface area (Å²) in [5.74, 6) is 0.978. The molecule has 0 aromatic heterocycles. The molecule has 0 aliphatic heterocycles. The number of rotatable bonds is 4. The fraction of sp³-hybridized carbons (Fsp3) is 0.538. The molecular weight excluding hydrogens is 186 g/mol. The van der Waals surface area contributed by atoms with Crippen molar-refractivity contribution in [3.05, 3.63) is 28.8 Å². The molecule has 2 nitrogen and oxygen atoms in total. The Labute approximate surface area is 92.6 Å². The lowest BCUT2D eigenvalue weighted by Crippen LogP contribution is -2.22. The van der Waals surface area contributed by atoms with Gasteiger partial charge in [0.05, 0.1) is 7.11 Å². The molecular formula is C13H21NO. The van der Waals surface area contributed by atoms with Gasteiger partial charge in [-0.2, -0.15) is 0 Å². The number of nitrogens with one attached hydrogen (secondary N) is 1. The van der Waals surface area contributed by atoms with Crippen LogP contribution in [-0.4, -0.2) is 13.2 Å². The molecule has 0 amide bonds. The fourth-order valence-corrected chi connectivity index (χ4v) is 1.49. The van der Waals surface area contributed by atoms with Crippen LogP contribution in [0.2, 0.25) is 0 Å². The summed E-state index contributed by atoms with van der Waals surface area (Å²) < 4.78 is 5.37. The molecule has 0 aliphatic rings. The van der Waals surface area contributed by atoms with Crippen molar-refractivity contribution in [3.8, 4) is 5.75 Å². The minimum absolute atomic E-state index is 0.497. The van der Waals surface area contributed by atoms with Crippen LogP contribution in [0.15, 0.2) is 12.1 Å². The minimum Gasteiger partial charge on any atom is -0.496 e. The Morgan fingerprint density at radius 1 is 1.20 bits per heavy atom. The van der Waals surface area contributed by atoms with Crippen LogP contribution in [0.5, 0.6) is 5.75 Å². The second-order valence-electron chi connectivity index (χ2n) is 4.28. The summed E-state index contributed by atoms with van der Waals surface area (Å²) >= 11 is 0. The summed E-state index contributed by atoms with van der Waals surface area (Å²) in [5, 5.41) is 3.40. The number of ether oxygens (including phenoxy) is 1. The van der Waals surface area contributed by atoms with Gasteiger partial charge in [0.2, 0.25) is 0 Å². The number of aryl methyl sites for hydroxylation is 2. The summed E-state index contributed by atoms with van der Waals surface area (Å²) in [6, 6.07) is 4.80. The first-order valence-electron chi connectivity index (χ1n) is 5.42. The third kappa shape index (κ3) is 3.24. The largest absolute Gasteiger partial charge is 0.496 e. The highest BCUT2D eigenvalue weighted by atomic mass is 16.5. The average Bonchev–Trinajstić information content (AvgIpc) is 2.19. The minimum atomic E-state index is 0.497. The first-order chi connectivity index (χ1) is 7.04. The molecule has 0 bridgehead atoms. The Morgan fingerprint density at radius 3 is 2.33 bits per heavy atom. The van der Waals surface area contributed by atoms with Crippen LogP contribution in [0.4, 0.5) is 0 Å². The molecule has 84 valence electrons. The molecule has 1 rings (SSSR count). The Hall–Kier alpha value is -1.02. The van der Waals surface area contributed by atoms with Crippen LogP contribution in [-0.2, 0) is 6.54 Å². The number of hydrogen-bond acceptors (Lipinski definition) is 2. The van der Waals surface area contributed by atoms with E-state index in [0.717, 1.165) is 12.3 Å². The van der Waals surface area contributed by atoms with Gasteiger partial charge in [-0.1, -0.05) is 19.9 Å². The van der Waals surface area contributed by atoms with E-state index in [1.54, 1.807) is 7.11 Å². The van der Waals surface area contributed by atoms with Crippen LogP contribution >= 0.6 is 0 Å². The maximum Gasteiger partial charge on any atom is 0.123 e. The zero-order valence-corrected chi connectivity index (χ0v) is 10.3. The van der Waals surface area contributed by atoms with Crippen molar-refractivity contribution in [2.45, 2.75) is 40.3 Å². The molecule has 0 spiro atoms. The van der Waals surface area contributed by atoms with Crippen LogP contribution in [0.1, 0.15) is 30.5 Å². The summed E-state index contributed by atoms with van der Waals surface area (Å²) in [6.45, 7) is 9.40. The molecule has 15 heavy (non-hydrogen) atoms. The van der Waals surface area contributed by atoms with Crippen LogP contribution in [0, 0.1) is 13.8 Å². The summed E-state index contributed by atoms with van der Waals surface area (Å²) in [5.41, 5.74) is 3.82. The Balaban J connectivity index is 2.89. The van der Waals surface area contributed by atoms with Crippen LogP contribution < -0.4 is 10.1 Å². The van der Waals surface area contributed by atoms with E-state index >= 15 is 0 Å². The van der Waals surface area contributed by atoms with E-state index in [4.69, 9.17) is 4.74 Å². The van der Waals surface area contributed by atoms with E-state index in [-0.39, 0.29) is 0 Å². The predicted octanol–water partition coefficient (Wildman–Crippen LogP) is 2.81. The van der Waals surface area contributed by atoms with Crippen molar-refractivity contribution in [3.63, 3.8) is 0 Å². The highest BCUT2D eigenvalue weighted by Gasteiger charge is 2.05. The van der Waals surface area contributed by atoms with E-state index < -0.39 is 0 Å². The van der Waals surface area contributed by atoms with Crippen molar-refractivity contribution in [1.29, 1.82) is 0 Å². The van der Waals surface area contributed by atoms with E-state index in [1.165, 1.54) is 16.7 Å². The molecule has 1 aromatic carbocycles. The normalized spacial score (nSPS) is 10.8.